The molecule has 1 rings (SSSR count). The Bertz CT molecular complexity index is 398. The van der Waals surface area contributed by atoms with Crippen LogP contribution in [-0.2, 0) is 0 Å². The molecule has 94 valence electrons. The summed E-state index contributed by atoms with van der Waals surface area (Å²) in [6.45, 7) is 5.40. The topological polar surface area (TPSA) is 80.1 Å². The third-order valence-corrected chi connectivity index (χ3v) is 2.43. The molecule has 0 bridgehead atoms. The van der Waals surface area contributed by atoms with Crippen molar-refractivity contribution < 1.29 is 4.92 Å². The lowest BCUT2D eigenvalue weighted by Gasteiger charge is -2.09. The average molecular weight is 303 g/mol. The maximum atomic E-state index is 10.8. The van der Waals surface area contributed by atoms with Crippen LogP contribution in [0.5, 0.6) is 0 Å². The summed E-state index contributed by atoms with van der Waals surface area (Å²) in [5.41, 5.74) is -0.0241. The van der Waals surface area contributed by atoms with E-state index in [4.69, 9.17) is 0 Å². The molecule has 17 heavy (non-hydrogen) atoms. The summed E-state index contributed by atoms with van der Waals surface area (Å²) in [6.07, 6.45) is 1.53. The second-order valence-electron chi connectivity index (χ2n) is 3.81. The SMILES string of the molecule is CC(C)NCCNc1ncc(Br)cc1[N+](=O)[O-]. The van der Waals surface area contributed by atoms with Gasteiger partial charge in [-0.3, -0.25) is 10.1 Å². The van der Waals surface area contributed by atoms with Crippen LogP contribution in [0.25, 0.3) is 0 Å². The fraction of sp³-hybridized carbons (Fsp3) is 0.500. The first kappa shape index (κ1) is 13.9. The van der Waals surface area contributed by atoms with Crippen LogP contribution in [-0.4, -0.2) is 29.0 Å². The number of nitro groups is 1. The maximum Gasteiger partial charge on any atom is 0.312 e. The van der Waals surface area contributed by atoms with Gasteiger partial charge in [-0.15, -0.1) is 0 Å². The summed E-state index contributed by atoms with van der Waals surface area (Å²) in [5, 5.41) is 17.0. The van der Waals surface area contributed by atoms with Crippen molar-refractivity contribution >= 4 is 27.4 Å². The summed E-state index contributed by atoms with van der Waals surface area (Å²) in [5.74, 6) is 0.295. The van der Waals surface area contributed by atoms with Gasteiger partial charge in [-0.05, 0) is 15.9 Å². The lowest BCUT2D eigenvalue weighted by molar-refractivity contribution is -0.384. The average Bonchev–Trinajstić information content (AvgIpc) is 2.25. The van der Waals surface area contributed by atoms with Crippen LogP contribution in [0.4, 0.5) is 11.5 Å². The van der Waals surface area contributed by atoms with Crippen LogP contribution in [0.1, 0.15) is 13.8 Å². The molecule has 0 spiro atoms. The smallest absolute Gasteiger partial charge is 0.312 e. The molecule has 0 aliphatic rings. The third kappa shape index (κ3) is 4.66. The Kier molecular flexibility index (Phi) is 5.30. The molecular weight excluding hydrogens is 288 g/mol. The van der Waals surface area contributed by atoms with Gasteiger partial charge in [0.1, 0.15) is 0 Å². The predicted octanol–water partition coefficient (Wildman–Crippen LogP) is 2.16. The molecule has 0 aromatic carbocycles. The molecule has 0 unspecified atom stereocenters. The van der Waals surface area contributed by atoms with E-state index < -0.39 is 4.92 Å². The third-order valence-electron chi connectivity index (χ3n) is 2.00. The van der Waals surface area contributed by atoms with Crippen molar-refractivity contribution in [3.05, 3.63) is 26.9 Å². The largest absolute Gasteiger partial charge is 0.363 e. The molecule has 6 nitrogen and oxygen atoms in total. The van der Waals surface area contributed by atoms with Gasteiger partial charge in [0.15, 0.2) is 0 Å². The molecule has 0 amide bonds. The Labute approximate surface area is 108 Å². The van der Waals surface area contributed by atoms with Gasteiger partial charge in [-0.1, -0.05) is 13.8 Å². The van der Waals surface area contributed by atoms with Crippen molar-refractivity contribution in [3.8, 4) is 0 Å². The Balaban J connectivity index is 2.61. The van der Waals surface area contributed by atoms with E-state index in [9.17, 15) is 10.1 Å². The van der Waals surface area contributed by atoms with Crippen molar-refractivity contribution in [2.24, 2.45) is 0 Å². The Hall–Kier alpha value is -1.21. The van der Waals surface area contributed by atoms with Gasteiger partial charge >= 0.3 is 5.69 Å². The van der Waals surface area contributed by atoms with Crippen LogP contribution in [0, 0.1) is 10.1 Å². The molecule has 7 heteroatoms. The zero-order chi connectivity index (χ0) is 12.8. The Morgan fingerprint density at radius 1 is 1.53 bits per heavy atom. The Morgan fingerprint density at radius 3 is 2.82 bits per heavy atom. The zero-order valence-corrected chi connectivity index (χ0v) is 11.3. The van der Waals surface area contributed by atoms with Crippen LogP contribution >= 0.6 is 15.9 Å². The number of rotatable bonds is 6. The fourth-order valence-electron chi connectivity index (χ4n) is 1.25. The maximum absolute atomic E-state index is 10.8. The van der Waals surface area contributed by atoms with E-state index in [1.807, 2.05) is 13.8 Å². The summed E-state index contributed by atoms with van der Waals surface area (Å²) in [6, 6.07) is 1.83. The number of halogens is 1. The number of aromatic nitrogens is 1. The van der Waals surface area contributed by atoms with Crippen molar-refractivity contribution in [1.29, 1.82) is 0 Å². The Morgan fingerprint density at radius 2 is 2.24 bits per heavy atom. The van der Waals surface area contributed by atoms with E-state index >= 15 is 0 Å². The number of hydrogen-bond acceptors (Lipinski definition) is 5. The minimum absolute atomic E-state index is 0.0241. The van der Waals surface area contributed by atoms with Crippen LogP contribution < -0.4 is 10.6 Å². The van der Waals surface area contributed by atoms with Gasteiger partial charge in [0, 0.05) is 35.9 Å². The lowest BCUT2D eigenvalue weighted by atomic mass is 10.3. The van der Waals surface area contributed by atoms with Gasteiger partial charge < -0.3 is 10.6 Å². The molecule has 0 aliphatic carbocycles. The molecule has 0 aliphatic heterocycles. The minimum Gasteiger partial charge on any atom is -0.363 e. The summed E-state index contributed by atoms with van der Waals surface area (Å²) >= 11 is 3.16. The molecular formula is C10H15BrN4O2. The fourth-order valence-corrected chi connectivity index (χ4v) is 1.56. The number of hydrogen-bond donors (Lipinski definition) is 2. The van der Waals surface area contributed by atoms with E-state index in [-0.39, 0.29) is 5.69 Å². The highest BCUT2D eigenvalue weighted by atomic mass is 79.9. The van der Waals surface area contributed by atoms with Crippen LogP contribution in [0.2, 0.25) is 0 Å². The number of anilines is 1. The first-order valence-electron chi connectivity index (χ1n) is 5.28. The molecule has 0 fully saturated rings. The molecule has 1 aromatic heterocycles. The number of nitrogens with zero attached hydrogens (tertiary/aromatic N) is 2. The monoisotopic (exact) mass is 302 g/mol. The van der Waals surface area contributed by atoms with Gasteiger partial charge in [0.2, 0.25) is 5.82 Å². The van der Waals surface area contributed by atoms with E-state index in [1.165, 1.54) is 12.3 Å². The van der Waals surface area contributed by atoms with Gasteiger partial charge in [-0.2, -0.15) is 0 Å². The molecule has 0 atom stereocenters. The van der Waals surface area contributed by atoms with E-state index in [0.29, 0.717) is 22.9 Å². The molecule has 0 saturated heterocycles. The van der Waals surface area contributed by atoms with Crippen LogP contribution in [0.15, 0.2) is 16.7 Å². The van der Waals surface area contributed by atoms with Gasteiger partial charge in [-0.25, -0.2) is 4.98 Å². The second kappa shape index (κ2) is 6.51. The van der Waals surface area contributed by atoms with E-state index in [0.717, 1.165) is 6.54 Å². The normalized spacial score (nSPS) is 10.6. The highest BCUT2D eigenvalue weighted by molar-refractivity contribution is 9.10. The lowest BCUT2D eigenvalue weighted by Crippen LogP contribution is -2.28. The summed E-state index contributed by atoms with van der Waals surface area (Å²) < 4.78 is 0.593. The van der Waals surface area contributed by atoms with Crippen molar-refractivity contribution in [3.63, 3.8) is 0 Å². The van der Waals surface area contributed by atoms with Crippen molar-refractivity contribution in [2.75, 3.05) is 18.4 Å². The minimum atomic E-state index is -0.448. The van der Waals surface area contributed by atoms with Gasteiger partial charge in [0.05, 0.1) is 4.92 Å². The molecule has 0 saturated carbocycles. The second-order valence-corrected chi connectivity index (χ2v) is 4.73. The molecule has 1 heterocycles. The van der Waals surface area contributed by atoms with E-state index in [2.05, 4.69) is 31.5 Å². The van der Waals surface area contributed by atoms with Gasteiger partial charge in [0.25, 0.3) is 0 Å². The van der Waals surface area contributed by atoms with Crippen molar-refractivity contribution in [1.82, 2.24) is 10.3 Å². The molecule has 1 aromatic rings. The van der Waals surface area contributed by atoms with Crippen molar-refractivity contribution in [2.45, 2.75) is 19.9 Å². The first-order valence-corrected chi connectivity index (χ1v) is 6.07. The highest BCUT2D eigenvalue weighted by Gasteiger charge is 2.15. The standard InChI is InChI=1S/C10H15BrN4O2/c1-7(2)12-3-4-13-10-9(15(16)17)5-8(11)6-14-10/h5-7,12H,3-4H2,1-2H3,(H,13,14). The molecule has 0 radical (unpaired) electrons. The van der Waals surface area contributed by atoms with Crippen LogP contribution in [0.3, 0.4) is 0 Å². The van der Waals surface area contributed by atoms with E-state index in [1.54, 1.807) is 0 Å². The number of nitrogens with one attached hydrogen (secondary N) is 2. The number of pyridine rings is 1. The first-order chi connectivity index (χ1) is 8.00. The predicted molar refractivity (Wildman–Crippen MR) is 70.2 cm³/mol. The zero-order valence-electron chi connectivity index (χ0n) is 9.74. The highest BCUT2D eigenvalue weighted by Crippen LogP contribution is 2.24. The quantitative estimate of drug-likeness (QED) is 0.478. The summed E-state index contributed by atoms with van der Waals surface area (Å²) in [4.78, 5) is 14.3. The molecule has 2 N–H and O–H groups in total. The summed E-state index contributed by atoms with van der Waals surface area (Å²) in [7, 11) is 0.